The lowest BCUT2D eigenvalue weighted by Gasteiger charge is -2.03. The first-order valence-corrected chi connectivity index (χ1v) is 7.01. The van der Waals surface area contributed by atoms with Gasteiger partial charge in [0.05, 0.1) is 10.3 Å². The van der Waals surface area contributed by atoms with Gasteiger partial charge in [0.25, 0.3) is 5.56 Å². The van der Waals surface area contributed by atoms with Crippen molar-refractivity contribution in [2.24, 2.45) is 0 Å². The fourth-order valence-corrected chi connectivity index (χ4v) is 3.77. The van der Waals surface area contributed by atoms with Crippen LogP contribution in [0.5, 0.6) is 0 Å². The minimum absolute atomic E-state index is 0.154. The van der Waals surface area contributed by atoms with Crippen LogP contribution in [0.1, 0.15) is 4.88 Å². The van der Waals surface area contributed by atoms with Crippen molar-refractivity contribution in [2.45, 2.75) is 6.92 Å². The second kappa shape index (κ2) is 4.33. The minimum atomic E-state index is -0.154. The van der Waals surface area contributed by atoms with E-state index >= 15 is 0 Å². The predicted octanol–water partition coefficient (Wildman–Crippen LogP) is 3.72. The molecule has 1 N–H and O–H groups in total. The first kappa shape index (κ1) is 11.6. The normalized spacial score (nSPS) is 11.0. The van der Waals surface area contributed by atoms with Crippen LogP contribution in [-0.2, 0) is 0 Å². The summed E-state index contributed by atoms with van der Waals surface area (Å²) in [6, 6.07) is 9.57. The average molecular weight is 321 g/mol. The number of nitrogens with zero attached hydrogens (tertiary/aromatic N) is 1. The molecule has 0 fully saturated rings. The third-order valence-corrected chi connectivity index (χ3v) is 4.67. The number of aryl methyl sites for hydroxylation is 1. The van der Waals surface area contributed by atoms with Crippen molar-refractivity contribution in [1.82, 2.24) is 10.2 Å². The Hall–Kier alpha value is -1.46. The highest BCUT2D eigenvalue weighted by atomic mass is 79.9. The largest absolute Gasteiger partial charge is 0.272 e. The van der Waals surface area contributed by atoms with Gasteiger partial charge in [0.2, 0.25) is 0 Å². The van der Waals surface area contributed by atoms with Gasteiger partial charge >= 0.3 is 0 Å². The second-order valence-corrected chi connectivity index (χ2v) is 6.09. The van der Waals surface area contributed by atoms with Crippen LogP contribution in [0.4, 0.5) is 0 Å². The van der Waals surface area contributed by atoms with Gasteiger partial charge in [-0.3, -0.25) is 4.79 Å². The Labute approximate surface area is 116 Å². The summed E-state index contributed by atoms with van der Waals surface area (Å²) in [5.41, 5.74) is 0.661. The Balaban J connectivity index is 2.40. The van der Waals surface area contributed by atoms with Crippen molar-refractivity contribution in [2.75, 3.05) is 0 Å². The molecular formula is C13H9BrN2OS. The van der Waals surface area contributed by atoms with Crippen molar-refractivity contribution in [1.29, 1.82) is 0 Å². The number of benzene rings is 1. The summed E-state index contributed by atoms with van der Waals surface area (Å²) in [6.07, 6.45) is 0. The van der Waals surface area contributed by atoms with Crippen molar-refractivity contribution >= 4 is 38.0 Å². The molecule has 1 aromatic carbocycles. The van der Waals surface area contributed by atoms with Crippen LogP contribution < -0.4 is 5.56 Å². The second-order valence-electron chi connectivity index (χ2n) is 3.98. The summed E-state index contributed by atoms with van der Waals surface area (Å²) in [6.45, 7) is 2.05. The van der Waals surface area contributed by atoms with E-state index in [0.717, 1.165) is 20.4 Å². The van der Waals surface area contributed by atoms with Gasteiger partial charge in [-0.2, -0.15) is 5.10 Å². The number of thiophene rings is 1. The van der Waals surface area contributed by atoms with E-state index < -0.39 is 0 Å². The highest BCUT2D eigenvalue weighted by Gasteiger charge is 2.13. The van der Waals surface area contributed by atoms with Gasteiger partial charge in [-0.15, -0.1) is 11.3 Å². The molecular weight excluding hydrogens is 312 g/mol. The van der Waals surface area contributed by atoms with Crippen LogP contribution in [0.2, 0.25) is 0 Å². The molecule has 5 heteroatoms. The van der Waals surface area contributed by atoms with Gasteiger partial charge in [-0.25, -0.2) is 5.10 Å². The summed E-state index contributed by atoms with van der Waals surface area (Å²) in [4.78, 5) is 14.0. The van der Waals surface area contributed by atoms with Crippen LogP contribution in [0.3, 0.4) is 0 Å². The number of aromatic nitrogens is 2. The van der Waals surface area contributed by atoms with Gasteiger partial charge in [0, 0.05) is 14.7 Å². The van der Waals surface area contributed by atoms with Gasteiger partial charge in [-0.05, 0) is 35.0 Å². The number of fused-ring (bicyclic) bond motifs is 1. The lowest BCUT2D eigenvalue weighted by molar-refractivity contribution is 1.02. The third-order valence-electron chi connectivity index (χ3n) is 2.72. The number of aromatic amines is 1. The first-order chi connectivity index (χ1) is 8.66. The van der Waals surface area contributed by atoms with Gasteiger partial charge < -0.3 is 0 Å². The molecule has 2 aromatic heterocycles. The third kappa shape index (κ3) is 1.79. The Morgan fingerprint density at radius 3 is 2.67 bits per heavy atom. The lowest BCUT2D eigenvalue weighted by atomic mass is 10.1. The van der Waals surface area contributed by atoms with E-state index in [-0.39, 0.29) is 5.56 Å². The summed E-state index contributed by atoms with van der Waals surface area (Å²) in [5, 5.41) is 8.30. The van der Waals surface area contributed by atoms with E-state index in [2.05, 4.69) is 32.2 Å². The summed E-state index contributed by atoms with van der Waals surface area (Å²) in [7, 11) is 0. The van der Waals surface area contributed by atoms with Crippen LogP contribution >= 0.6 is 27.3 Å². The number of H-pyrrole nitrogens is 1. The van der Waals surface area contributed by atoms with Crippen molar-refractivity contribution in [3.63, 3.8) is 0 Å². The van der Waals surface area contributed by atoms with E-state index in [9.17, 15) is 4.79 Å². The van der Waals surface area contributed by atoms with Crippen LogP contribution in [0, 0.1) is 6.92 Å². The molecule has 0 spiro atoms. The molecule has 0 radical (unpaired) electrons. The van der Waals surface area contributed by atoms with Gasteiger partial charge in [-0.1, -0.05) is 18.2 Å². The number of rotatable bonds is 1. The fourth-order valence-electron chi connectivity index (χ4n) is 1.93. The maximum absolute atomic E-state index is 11.7. The van der Waals surface area contributed by atoms with E-state index in [4.69, 9.17) is 0 Å². The van der Waals surface area contributed by atoms with E-state index in [0.29, 0.717) is 5.39 Å². The topological polar surface area (TPSA) is 45.8 Å². The van der Waals surface area contributed by atoms with E-state index in [1.165, 1.54) is 4.88 Å². The molecule has 0 saturated heterocycles. The number of hydrogen-bond donors (Lipinski definition) is 1. The fraction of sp³-hybridized carbons (Fsp3) is 0.0769. The van der Waals surface area contributed by atoms with Crippen molar-refractivity contribution < 1.29 is 0 Å². The maximum atomic E-state index is 11.7. The Bertz CT molecular complexity index is 791. The SMILES string of the molecule is Cc1cc(Br)c(-c2n[nH]c(=O)c3ccccc23)s1. The lowest BCUT2D eigenvalue weighted by Crippen LogP contribution is -2.08. The molecule has 2 heterocycles. The van der Waals surface area contributed by atoms with Gasteiger partial charge in [0.1, 0.15) is 5.69 Å². The molecule has 0 aliphatic rings. The Morgan fingerprint density at radius 2 is 2.00 bits per heavy atom. The summed E-state index contributed by atoms with van der Waals surface area (Å²) in [5.74, 6) is 0. The molecule has 0 aliphatic heterocycles. The Morgan fingerprint density at radius 1 is 1.28 bits per heavy atom. The molecule has 0 amide bonds. The highest BCUT2D eigenvalue weighted by molar-refractivity contribution is 9.10. The quantitative estimate of drug-likeness (QED) is 0.742. The standard InChI is InChI=1S/C13H9BrN2OS/c1-7-6-10(14)12(18-7)11-8-4-2-3-5-9(8)13(17)16-15-11/h2-6H,1H3,(H,16,17). The zero-order valence-corrected chi connectivity index (χ0v) is 11.9. The van der Waals surface area contributed by atoms with E-state index in [1.807, 2.05) is 31.2 Å². The van der Waals surface area contributed by atoms with Crippen LogP contribution in [0.25, 0.3) is 21.3 Å². The van der Waals surface area contributed by atoms with Crippen molar-refractivity contribution in [3.05, 3.63) is 50.0 Å². The molecule has 3 nitrogen and oxygen atoms in total. The zero-order valence-electron chi connectivity index (χ0n) is 9.53. The average Bonchev–Trinajstić information content (AvgIpc) is 2.69. The Kier molecular flexibility index (Phi) is 2.80. The highest BCUT2D eigenvalue weighted by Crippen LogP contribution is 2.37. The molecule has 0 aliphatic carbocycles. The first-order valence-electron chi connectivity index (χ1n) is 5.40. The summed E-state index contributed by atoms with van der Waals surface area (Å²) < 4.78 is 1.01. The smallest absolute Gasteiger partial charge is 0.267 e. The van der Waals surface area contributed by atoms with Crippen LogP contribution in [0.15, 0.2) is 39.6 Å². The molecule has 90 valence electrons. The monoisotopic (exact) mass is 320 g/mol. The molecule has 3 aromatic rings. The minimum Gasteiger partial charge on any atom is -0.267 e. The molecule has 0 saturated carbocycles. The van der Waals surface area contributed by atoms with E-state index in [1.54, 1.807) is 11.3 Å². The van der Waals surface area contributed by atoms with Crippen molar-refractivity contribution in [3.8, 4) is 10.6 Å². The molecule has 3 rings (SSSR count). The molecule has 0 unspecified atom stereocenters. The molecule has 0 atom stereocenters. The number of halogens is 1. The van der Waals surface area contributed by atoms with Gasteiger partial charge in [0.15, 0.2) is 0 Å². The van der Waals surface area contributed by atoms with Crippen LogP contribution in [-0.4, -0.2) is 10.2 Å². The molecule has 18 heavy (non-hydrogen) atoms. The predicted molar refractivity (Wildman–Crippen MR) is 78.1 cm³/mol. The zero-order chi connectivity index (χ0) is 12.7. The number of nitrogens with one attached hydrogen (secondary N) is 1. The number of hydrogen-bond acceptors (Lipinski definition) is 3. The molecule has 0 bridgehead atoms. The summed E-state index contributed by atoms with van der Waals surface area (Å²) >= 11 is 5.19. The maximum Gasteiger partial charge on any atom is 0.272 e.